The van der Waals surface area contributed by atoms with Crippen LogP contribution < -0.4 is 15.5 Å². The Morgan fingerprint density at radius 3 is 2.75 bits per heavy atom. The predicted octanol–water partition coefficient (Wildman–Crippen LogP) is 2.69. The number of carbonyl (C=O) groups is 1. The van der Waals surface area contributed by atoms with Gasteiger partial charge in [-0.05, 0) is 53.5 Å². The fourth-order valence-corrected chi connectivity index (χ4v) is 2.91. The van der Waals surface area contributed by atoms with Crippen molar-refractivity contribution in [1.82, 2.24) is 0 Å². The van der Waals surface area contributed by atoms with Crippen LogP contribution in [-0.2, 0) is 22.6 Å². The van der Waals surface area contributed by atoms with Crippen LogP contribution in [-0.4, -0.2) is 19.6 Å². The second kappa shape index (κ2) is 7.19. The molecule has 0 aromatic heterocycles. The fourth-order valence-electron chi connectivity index (χ4n) is 2.91. The van der Waals surface area contributed by atoms with Gasteiger partial charge >= 0.3 is 5.97 Å². The van der Waals surface area contributed by atoms with Crippen LogP contribution in [0.1, 0.15) is 16.7 Å². The summed E-state index contributed by atoms with van der Waals surface area (Å²) >= 11 is 0. The zero-order valence-corrected chi connectivity index (χ0v) is 13.6. The van der Waals surface area contributed by atoms with Crippen LogP contribution in [0.5, 0.6) is 5.75 Å². The summed E-state index contributed by atoms with van der Waals surface area (Å²) in [5.41, 5.74) is 4.74. The summed E-state index contributed by atoms with van der Waals surface area (Å²) in [6.45, 7) is 1.85. The van der Waals surface area contributed by atoms with Crippen LogP contribution in [0.15, 0.2) is 48.5 Å². The van der Waals surface area contributed by atoms with E-state index in [1.807, 2.05) is 18.2 Å². The molecule has 0 saturated carbocycles. The van der Waals surface area contributed by atoms with E-state index < -0.39 is 5.97 Å². The van der Waals surface area contributed by atoms with E-state index >= 15 is 0 Å². The van der Waals surface area contributed by atoms with Crippen molar-refractivity contribution in [3.05, 3.63) is 65.2 Å². The van der Waals surface area contributed by atoms with Crippen molar-refractivity contribution in [3.8, 4) is 5.75 Å². The molecule has 0 aliphatic carbocycles. The molecule has 0 spiro atoms. The largest absolute Gasteiger partial charge is 0.497 e. The zero-order chi connectivity index (χ0) is 16.9. The molecule has 0 radical (unpaired) electrons. The Balaban J connectivity index is 1.72. The maximum absolute atomic E-state index is 11.1. The minimum absolute atomic E-state index is 0.559. The molecule has 5 heteroatoms. The number of hydrogen-bond acceptors (Lipinski definition) is 5. The van der Waals surface area contributed by atoms with E-state index in [9.17, 15) is 4.79 Å². The number of methoxy groups -OCH3 is 1. The van der Waals surface area contributed by atoms with Crippen LogP contribution in [0.3, 0.4) is 0 Å². The molecule has 5 nitrogen and oxygen atoms in total. The minimum atomic E-state index is -0.559. The first-order valence-electron chi connectivity index (χ1n) is 7.79. The van der Waals surface area contributed by atoms with Crippen LogP contribution in [0, 0.1) is 0 Å². The summed E-state index contributed by atoms with van der Waals surface area (Å²) in [5, 5.41) is 0. The number of carbonyl (C=O) groups excluding carboxylic acids is 1. The number of hydrogen-bond donors (Lipinski definition) is 1. The molecule has 2 aromatic carbocycles. The van der Waals surface area contributed by atoms with Gasteiger partial charge in [0.15, 0.2) is 0 Å². The maximum Gasteiger partial charge on any atom is 0.349 e. The van der Waals surface area contributed by atoms with Gasteiger partial charge in [-0.3, -0.25) is 0 Å². The highest BCUT2D eigenvalue weighted by molar-refractivity contribution is 5.87. The lowest BCUT2D eigenvalue weighted by Gasteiger charge is -2.19. The minimum Gasteiger partial charge on any atom is -0.497 e. The van der Waals surface area contributed by atoms with Crippen LogP contribution >= 0.6 is 0 Å². The lowest BCUT2D eigenvalue weighted by molar-refractivity contribution is -0.138. The Labute approximate surface area is 141 Å². The van der Waals surface area contributed by atoms with Gasteiger partial charge in [-0.1, -0.05) is 18.2 Å². The summed E-state index contributed by atoms with van der Waals surface area (Å²) in [6.07, 6.45) is 4.03. The smallest absolute Gasteiger partial charge is 0.349 e. The SMILES string of the molecule is COc1ccc(CN2CCc3cc(/C=C/C(=O)ON)ccc32)cc1. The molecule has 124 valence electrons. The summed E-state index contributed by atoms with van der Waals surface area (Å²) in [7, 11) is 1.67. The predicted molar refractivity (Wildman–Crippen MR) is 93.5 cm³/mol. The van der Waals surface area contributed by atoms with E-state index in [4.69, 9.17) is 10.6 Å². The van der Waals surface area contributed by atoms with Crippen molar-refractivity contribution >= 4 is 17.7 Å². The lowest BCUT2D eigenvalue weighted by Crippen LogP contribution is -2.19. The molecule has 0 atom stereocenters. The molecule has 0 bridgehead atoms. The van der Waals surface area contributed by atoms with Crippen LogP contribution in [0.2, 0.25) is 0 Å². The summed E-state index contributed by atoms with van der Waals surface area (Å²) < 4.78 is 5.20. The highest BCUT2D eigenvalue weighted by Gasteiger charge is 2.19. The van der Waals surface area contributed by atoms with Crippen molar-refractivity contribution < 1.29 is 14.4 Å². The van der Waals surface area contributed by atoms with Crippen molar-refractivity contribution in [2.75, 3.05) is 18.6 Å². The normalized spacial score (nSPS) is 13.2. The topological polar surface area (TPSA) is 64.8 Å². The molecule has 0 unspecified atom stereocenters. The first-order valence-corrected chi connectivity index (χ1v) is 7.79. The third-order valence-electron chi connectivity index (χ3n) is 4.16. The molecule has 0 saturated heterocycles. The van der Waals surface area contributed by atoms with Crippen LogP contribution in [0.4, 0.5) is 5.69 Å². The van der Waals surface area contributed by atoms with Gasteiger partial charge in [0.25, 0.3) is 0 Å². The molecule has 1 aliphatic rings. The summed E-state index contributed by atoms with van der Waals surface area (Å²) in [4.78, 5) is 17.6. The van der Waals surface area contributed by atoms with E-state index in [1.54, 1.807) is 13.2 Å². The Bertz CT molecular complexity index is 754. The maximum atomic E-state index is 11.1. The number of anilines is 1. The number of benzene rings is 2. The van der Waals surface area contributed by atoms with Crippen molar-refractivity contribution in [3.63, 3.8) is 0 Å². The highest BCUT2D eigenvalue weighted by atomic mass is 16.7. The van der Waals surface area contributed by atoms with Gasteiger partial charge in [-0.2, -0.15) is 5.90 Å². The number of rotatable bonds is 5. The molecule has 2 N–H and O–H groups in total. The standard InChI is InChI=1S/C19H20N2O3/c1-23-17-6-2-15(3-7-17)13-21-11-10-16-12-14(4-8-18(16)21)5-9-19(22)24-20/h2-9,12H,10-11,13,20H2,1H3/b9-5+. The van der Waals surface area contributed by atoms with E-state index in [0.29, 0.717) is 0 Å². The Hall–Kier alpha value is -2.79. The first kappa shape index (κ1) is 16.1. The molecule has 24 heavy (non-hydrogen) atoms. The van der Waals surface area contributed by atoms with Crippen LogP contribution in [0.25, 0.3) is 6.08 Å². The van der Waals surface area contributed by atoms with Crippen molar-refractivity contribution in [2.45, 2.75) is 13.0 Å². The summed E-state index contributed by atoms with van der Waals surface area (Å²) in [6, 6.07) is 14.3. The molecule has 0 amide bonds. The molecular formula is C19H20N2O3. The average Bonchev–Trinajstić information content (AvgIpc) is 3.02. The van der Waals surface area contributed by atoms with E-state index in [2.05, 4.69) is 34.0 Å². The van der Waals surface area contributed by atoms with Crippen molar-refractivity contribution in [2.24, 2.45) is 5.90 Å². The number of ether oxygens (including phenoxy) is 1. The molecule has 1 aliphatic heterocycles. The Morgan fingerprint density at radius 2 is 2.04 bits per heavy atom. The van der Waals surface area contributed by atoms with Gasteiger partial charge < -0.3 is 14.5 Å². The molecule has 1 heterocycles. The van der Waals surface area contributed by atoms with Crippen molar-refractivity contribution in [1.29, 1.82) is 0 Å². The second-order valence-electron chi connectivity index (χ2n) is 5.68. The highest BCUT2D eigenvalue weighted by Crippen LogP contribution is 2.30. The van der Waals surface area contributed by atoms with Gasteiger partial charge in [0.05, 0.1) is 7.11 Å². The average molecular weight is 324 g/mol. The van der Waals surface area contributed by atoms with Gasteiger partial charge in [0.2, 0.25) is 0 Å². The quantitative estimate of drug-likeness (QED) is 0.677. The van der Waals surface area contributed by atoms with Gasteiger partial charge in [0.1, 0.15) is 5.75 Å². The number of fused-ring (bicyclic) bond motifs is 1. The van der Waals surface area contributed by atoms with Gasteiger partial charge in [-0.15, -0.1) is 0 Å². The van der Waals surface area contributed by atoms with Gasteiger partial charge in [0, 0.05) is 24.9 Å². The number of nitrogens with two attached hydrogens (primary N) is 1. The third kappa shape index (κ3) is 3.58. The molecule has 2 aromatic rings. The van der Waals surface area contributed by atoms with E-state index in [1.165, 1.54) is 22.9 Å². The van der Waals surface area contributed by atoms with E-state index in [0.717, 1.165) is 30.8 Å². The first-order chi connectivity index (χ1) is 11.7. The monoisotopic (exact) mass is 324 g/mol. The fraction of sp³-hybridized carbons (Fsp3) is 0.211. The molecule has 3 rings (SSSR count). The Morgan fingerprint density at radius 1 is 1.25 bits per heavy atom. The second-order valence-corrected chi connectivity index (χ2v) is 5.68. The lowest BCUT2D eigenvalue weighted by atomic mass is 10.1. The summed E-state index contributed by atoms with van der Waals surface area (Å²) in [5.74, 6) is 5.13. The van der Waals surface area contributed by atoms with E-state index in [-0.39, 0.29) is 0 Å². The van der Waals surface area contributed by atoms with Gasteiger partial charge in [-0.25, -0.2) is 4.79 Å². The molecular weight excluding hydrogens is 304 g/mol. The molecule has 0 fully saturated rings. The number of nitrogens with zero attached hydrogens (tertiary/aromatic N) is 1. The third-order valence-corrected chi connectivity index (χ3v) is 4.16. The zero-order valence-electron chi connectivity index (χ0n) is 13.6. The Kier molecular flexibility index (Phi) is 4.82.